The number of nitrogens with two attached hydrogens (primary N) is 1. The summed E-state index contributed by atoms with van der Waals surface area (Å²) in [6.07, 6.45) is 0.399. The first-order valence-electron chi connectivity index (χ1n) is 4.11. The highest BCUT2D eigenvalue weighted by atomic mass is 16.7. The molecule has 0 aliphatic heterocycles. The third-order valence-electron chi connectivity index (χ3n) is 1.82. The number of anilines is 1. The normalized spacial score (nSPS) is 12.1. The average molecular weight is 180 g/mol. The van der Waals surface area contributed by atoms with Crippen LogP contribution in [0.25, 0.3) is 0 Å². The van der Waals surface area contributed by atoms with Gasteiger partial charge >= 0.3 is 0 Å². The molecule has 0 radical (unpaired) electrons. The zero-order valence-corrected chi connectivity index (χ0v) is 7.43. The van der Waals surface area contributed by atoms with Gasteiger partial charge in [0.2, 0.25) is 0 Å². The molecule has 4 heteroatoms. The largest absolute Gasteiger partial charge is 0.399 e. The molecular formula is C9H12N2O2. The van der Waals surface area contributed by atoms with Crippen molar-refractivity contribution in [1.29, 1.82) is 0 Å². The Morgan fingerprint density at radius 3 is 2.92 bits per heavy atom. The van der Waals surface area contributed by atoms with Gasteiger partial charge in [-0.05, 0) is 24.1 Å². The minimum Gasteiger partial charge on any atom is -0.399 e. The van der Waals surface area contributed by atoms with Crippen LogP contribution >= 0.6 is 0 Å². The molecule has 2 N–H and O–H groups in total. The van der Waals surface area contributed by atoms with Gasteiger partial charge in [0.25, 0.3) is 0 Å². The van der Waals surface area contributed by atoms with E-state index in [4.69, 9.17) is 5.73 Å². The number of rotatable bonds is 4. The number of hydrogen-bond donors (Lipinski definition) is 1. The van der Waals surface area contributed by atoms with Crippen molar-refractivity contribution in [3.8, 4) is 0 Å². The third-order valence-corrected chi connectivity index (χ3v) is 1.82. The van der Waals surface area contributed by atoms with Crippen LogP contribution in [0.15, 0.2) is 29.6 Å². The summed E-state index contributed by atoms with van der Waals surface area (Å²) in [5, 5.41) is 2.42. The van der Waals surface area contributed by atoms with Crippen molar-refractivity contribution >= 4 is 5.69 Å². The highest BCUT2D eigenvalue weighted by molar-refractivity contribution is 5.41. The molecule has 0 unspecified atom stereocenters. The molecule has 13 heavy (non-hydrogen) atoms. The summed E-state index contributed by atoms with van der Waals surface area (Å²) < 4.78 is 0. The van der Waals surface area contributed by atoms with Crippen molar-refractivity contribution in [2.45, 2.75) is 19.4 Å². The van der Waals surface area contributed by atoms with Gasteiger partial charge < -0.3 is 10.6 Å². The molecule has 0 aliphatic carbocycles. The van der Waals surface area contributed by atoms with Gasteiger partial charge in [0.15, 0.2) is 11.4 Å². The maximum Gasteiger partial charge on any atom is 0.155 e. The average Bonchev–Trinajstić information content (AvgIpc) is 2.14. The second-order valence-electron chi connectivity index (χ2n) is 2.75. The zero-order valence-electron chi connectivity index (χ0n) is 7.43. The molecule has 0 fully saturated rings. The van der Waals surface area contributed by atoms with E-state index >= 15 is 0 Å². The summed E-state index contributed by atoms with van der Waals surface area (Å²) in [4.78, 5) is 14.6. The second-order valence-corrected chi connectivity index (χ2v) is 2.75. The van der Waals surface area contributed by atoms with Gasteiger partial charge in [-0.15, -0.1) is 4.91 Å². The molecular weight excluding hydrogens is 168 g/mol. The molecule has 0 bridgehead atoms. The van der Waals surface area contributed by atoms with Crippen LogP contribution in [-0.2, 0) is 4.84 Å². The minimum absolute atomic E-state index is 0.291. The van der Waals surface area contributed by atoms with Gasteiger partial charge in [-0.25, -0.2) is 0 Å². The predicted octanol–water partition coefficient (Wildman–Crippen LogP) is 2.42. The van der Waals surface area contributed by atoms with Crippen LogP contribution in [0.1, 0.15) is 25.0 Å². The lowest BCUT2D eigenvalue weighted by molar-refractivity contribution is 0.0520. The van der Waals surface area contributed by atoms with Gasteiger partial charge in [-0.2, -0.15) is 0 Å². The Balaban J connectivity index is 2.84. The lowest BCUT2D eigenvalue weighted by atomic mass is 10.1. The molecule has 0 amide bonds. The Kier molecular flexibility index (Phi) is 3.25. The van der Waals surface area contributed by atoms with Crippen LogP contribution in [0.2, 0.25) is 0 Å². The summed E-state index contributed by atoms with van der Waals surface area (Å²) in [7, 11) is 0. The number of hydrogen-bond acceptors (Lipinski definition) is 4. The molecule has 0 aliphatic rings. The number of nitrogen functional groups attached to an aromatic ring is 1. The summed E-state index contributed by atoms with van der Waals surface area (Å²) in [6.45, 7) is 1.92. The van der Waals surface area contributed by atoms with E-state index in [0.717, 1.165) is 5.56 Å². The molecule has 0 saturated heterocycles. The first kappa shape index (κ1) is 9.51. The quantitative estimate of drug-likeness (QED) is 0.439. The Labute approximate surface area is 76.6 Å². The summed E-state index contributed by atoms with van der Waals surface area (Å²) in [6, 6.07) is 7.24. The monoisotopic (exact) mass is 180 g/mol. The van der Waals surface area contributed by atoms with Crippen LogP contribution in [0.5, 0.6) is 0 Å². The van der Waals surface area contributed by atoms with E-state index in [1.165, 1.54) is 0 Å². The Hall–Kier alpha value is -1.58. The fourth-order valence-corrected chi connectivity index (χ4v) is 1.18. The summed E-state index contributed by atoms with van der Waals surface area (Å²) >= 11 is 0. The Bertz CT molecular complexity index is 289. The fraction of sp³-hybridized carbons (Fsp3) is 0.333. The number of benzene rings is 1. The highest BCUT2D eigenvalue weighted by Crippen LogP contribution is 2.22. The zero-order chi connectivity index (χ0) is 9.68. The van der Waals surface area contributed by atoms with Crippen LogP contribution in [-0.4, -0.2) is 0 Å². The van der Waals surface area contributed by atoms with Crippen LogP contribution in [0, 0.1) is 4.91 Å². The van der Waals surface area contributed by atoms with Crippen molar-refractivity contribution < 1.29 is 4.84 Å². The third kappa shape index (κ3) is 2.43. The molecule has 1 aromatic carbocycles. The maximum atomic E-state index is 9.93. The molecule has 70 valence electrons. The Morgan fingerprint density at radius 2 is 2.38 bits per heavy atom. The van der Waals surface area contributed by atoms with Gasteiger partial charge in [-0.1, -0.05) is 19.1 Å². The molecule has 1 atom stereocenters. The fourth-order valence-electron chi connectivity index (χ4n) is 1.18. The van der Waals surface area contributed by atoms with Crippen molar-refractivity contribution in [2.24, 2.45) is 5.34 Å². The predicted molar refractivity (Wildman–Crippen MR) is 50.8 cm³/mol. The first-order chi connectivity index (χ1) is 6.27. The maximum absolute atomic E-state index is 9.93. The standard InChI is InChI=1S/C9H12N2O2/c1-2-9(13-11-12)7-4-3-5-8(10)6-7/h3-6,9H,2,10H2,1H3/t9-/m1/s1. The lowest BCUT2D eigenvalue weighted by Gasteiger charge is -2.10. The van der Waals surface area contributed by atoms with Gasteiger partial charge in [0, 0.05) is 5.69 Å². The van der Waals surface area contributed by atoms with Crippen molar-refractivity contribution in [1.82, 2.24) is 0 Å². The van der Waals surface area contributed by atoms with Gasteiger partial charge in [0.1, 0.15) is 0 Å². The van der Waals surface area contributed by atoms with Crippen molar-refractivity contribution in [3.05, 3.63) is 34.7 Å². The first-order valence-corrected chi connectivity index (χ1v) is 4.11. The number of nitrogens with zero attached hydrogens (tertiary/aromatic N) is 1. The topological polar surface area (TPSA) is 64.7 Å². The van der Waals surface area contributed by atoms with E-state index in [0.29, 0.717) is 12.1 Å². The molecule has 4 nitrogen and oxygen atoms in total. The van der Waals surface area contributed by atoms with Crippen LogP contribution in [0.4, 0.5) is 5.69 Å². The molecule has 0 saturated carbocycles. The van der Waals surface area contributed by atoms with E-state index in [2.05, 4.69) is 10.2 Å². The van der Waals surface area contributed by atoms with E-state index in [1.807, 2.05) is 19.1 Å². The van der Waals surface area contributed by atoms with Crippen LogP contribution < -0.4 is 5.73 Å². The van der Waals surface area contributed by atoms with Crippen LogP contribution in [0.3, 0.4) is 0 Å². The SMILES string of the molecule is CC[C@@H](ON=O)c1cccc(N)c1. The van der Waals surface area contributed by atoms with Crippen molar-refractivity contribution in [2.75, 3.05) is 5.73 Å². The van der Waals surface area contributed by atoms with Gasteiger partial charge in [-0.3, -0.25) is 0 Å². The smallest absolute Gasteiger partial charge is 0.155 e. The minimum atomic E-state index is -0.291. The molecule has 0 spiro atoms. The molecule has 0 aromatic heterocycles. The molecule has 0 heterocycles. The van der Waals surface area contributed by atoms with Gasteiger partial charge in [0.05, 0.1) is 0 Å². The van der Waals surface area contributed by atoms with E-state index in [9.17, 15) is 4.91 Å². The lowest BCUT2D eigenvalue weighted by Crippen LogP contribution is -1.99. The Morgan fingerprint density at radius 1 is 1.62 bits per heavy atom. The summed E-state index contributed by atoms with van der Waals surface area (Å²) in [5.74, 6) is 0. The highest BCUT2D eigenvalue weighted by Gasteiger charge is 2.10. The van der Waals surface area contributed by atoms with Crippen molar-refractivity contribution in [3.63, 3.8) is 0 Å². The summed E-state index contributed by atoms with van der Waals surface area (Å²) in [5.41, 5.74) is 7.12. The molecule has 1 rings (SSSR count). The molecule has 1 aromatic rings. The van der Waals surface area contributed by atoms with E-state index in [-0.39, 0.29) is 6.10 Å². The van der Waals surface area contributed by atoms with E-state index in [1.54, 1.807) is 12.1 Å². The van der Waals surface area contributed by atoms with E-state index < -0.39 is 0 Å². The second kappa shape index (κ2) is 4.45.